The molecule has 0 bridgehead atoms. The minimum atomic E-state index is 0.875. The highest BCUT2D eigenvalue weighted by atomic mass is 16.5. The molecule has 1 N–H and O–H groups in total. The van der Waals surface area contributed by atoms with Crippen LogP contribution in [-0.4, -0.2) is 50.3 Å². The maximum Gasteiger partial charge on any atom is 0.0594 e. The van der Waals surface area contributed by atoms with E-state index >= 15 is 0 Å². The summed E-state index contributed by atoms with van der Waals surface area (Å²) in [6, 6.07) is 0.875. The van der Waals surface area contributed by atoms with Gasteiger partial charge in [-0.1, -0.05) is 0 Å². The molecule has 2 saturated carbocycles. The number of hydrogen-bond donors (Lipinski definition) is 1. The molecule has 0 unspecified atom stereocenters. The molecule has 0 aromatic rings. The minimum absolute atomic E-state index is 0.875. The van der Waals surface area contributed by atoms with Crippen molar-refractivity contribution in [1.29, 1.82) is 0 Å². The lowest BCUT2D eigenvalue weighted by Crippen LogP contribution is -2.39. The van der Waals surface area contributed by atoms with E-state index in [4.69, 9.17) is 4.74 Å². The third-order valence-electron chi connectivity index (χ3n) is 4.39. The Morgan fingerprint density at radius 1 is 1.06 bits per heavy atom. The molecule has 3 fully saturated rings. The molecule has 1 saturated heterocycles. The second-order valence-corrected chi connectivity index (χ2v) is 5.96. The van der Waals surface area contributed by atoms with Gasteiger partial charge in [0.25, 0.3) is 0 Å². The molecule has 1 aliphatic heterocycles. The Morgan fingerprint density at radius 3 is 2.29 bits per heavy atom. The van der Waals surface area contributed by atoms with Crippen LogP contribution in [0.4, 0.5) is 0 Å². The van der Waals surface area contributed by atoms with Crippen molar-refractivity contribution in [2.24, 2.45) is 11.8 Å². The van der Waals surface area contributed by atoms with Gasteiger partial charge in [0, 0.05) is 19.1 Å². The summed E-state index contributed by atoms with van der Waals surface area (Å²) in [4.78, 5) is 2.54. The molecule has 0 aromatic carbocycles. The summed E-state index contributed by atoms with van der Waals surface area (Å²) in [5.41, 5.74) is 0. The zero-order valence-electron chi connectivity index (χ0n) is 10.9. The third kappa shape index (κ3) is 3.67. The molecule has 1 heterocycles. The van der Waals surface area contributed by atoms with Crippen LogP contribution in [0.2, 0.25) is 0 Å². The first-order valence-electron chi connectivity index (χ1n) is 7.47. The van der Waals surface area contributed by atoms with E-state index in [1.54, 1.807) is 0 Å². The Bertz CT molecular complexity index is 220. The number of nitrogens with one attached hydrogen (secondary N) is 1. The van der Waals surface area contributed by atoms with Crippen molar-refractivity contribution < 1.29 is 4.74 Å². The molecular formula is C14H26N2O. The monoisotopic (exact) mass is 238 g/mol. The molecule has 98 valence electrons. The fourth-order valence-electron chi connectivity index (χ4n) is 3.03. The Balaban J connectivity index is 1.28. The molecule has 0 spiro atoms. The summed E-state index contributed by atoms with van der Waals surface area (Å²) in [7, 11) is 0. The highest BCUT2D eigenvalue weighted by molar-refractivity contribution is 4.96. The number of rotatable bonds is 7. The summed E-state index contributed by atoms with van der Waals surface area (Å²) in [6.45, 7) is 6.59. The van der Waals surface area contributed by atoms with Crippen molar-refractivity contribution in [3.63, 3.8) is 0 Å². The van der Waals surface area contributed by atoms with Gasteiger partial charge >= 0.3 is 0 Å². The predicted octanol–water partition coefficient (Wildman–Crippen LogP) is 1.49. The normalized spacial score (nSPS) is 26.6. The summed E-state index contributed by atoms with van der Waals surface area (Å²) < 4.78 is 5.37. The largest absolute Gasteiger partial charge is 0.379 e. The Kier molecular flexibility index (Phi) is 3.99. The highest BCUT2D eigenvalue weighted by Gasteiger charge is 2.40. The van der Waals surface area contributed by atoms with Crippen molar-refractivity contribution in [2.75, 3.05) is 39.4 Å². The van der Waals surface area contributed by atoms with E-state index in [-0.39, 0.29) is 0 Å². The van der Waals surface area contributed by atoms with Gasteiger partial charge in [-0.3, -0.25) is 4.90 Å². The van der Waals surface area contributed by atoms with Gasteiger partial charge in [-0.15, -0.1) is 0 Å². The first-order valence-corrected chi connectivity index (χ1v) is 7.47. The van der Waals surface area contributed by atoms with E-state index in [0.29, 0.717) is 0 Å². The van der Waals surface area contributed by atoms with E-state index in [0.717, 1.165) is 44.2 Å². The summed E-state index contributed by atoms with van der Waals surface area (Å²) in [5.74, 6) is 2.07. The fraction of sp³-hybridized carbons (Fsp3) is 1.00. The van der Waals surface area contributed by atoms with Gasteiger partial charge in [-0.25, -0.2) is 0 Å². The average Bonchev–Trinajstić information content (AvgIpc) is 3.24. The van der Waals surface area contributed by atoms with Gasteiger partial charge in [-0.05, 0) is 57.0 Å². The molecule has 0 amide bonds. The van der Waals surface area contributed by atoms with Crippen LogP contribution >= 0.6 is 0 Å². The van der Waals surface area contributed by atoms with E-state index in [2.05, 4.69) is 10.2 Å². The van der Waals surface area contributed by atoms with Crippen LogP contribution in [0.15, 0.2) is 0 Å². The van der Waals surface area contributed by atoms with Gasteiger partial charge in [0.1, 0.15) is 0 Å². The van der Waals surface area contributed by atoms with Crippen molar-refractivity contribution in [2.45, 2.75) is 38.1 Å². The van der Waals surface area contributed by atoms with Crippen LogP contribution in [0.5, 0.6) is 0 Å². The molecule has 3 heteroatoms. The molecule has 0 radical (unpaired) electrons. The van der Waals surface area contributed by atoms with Crippen LogP contribution in [0.25, 0.3) is 0 Å². The quantitative estimate of drug-likeness (QED) is 0.680. The summed E-state index contributed by atoms with van der Waals surface area (Å²) >= 11 is 0. The lowest BCUT2D eigenvalue weighted by molar-refractivity contribution is 0.0373. The first-order chi connectivity index (χ1) is 8.43. The molecule has 0 aromatic heterocycles. The zero-order chi connectivity index (χ0) is 11.5. The smallest absolute Gasteiger partial charge is 0.0594 e. The number of nitrogens with zero attached hydrogens (tertiary/aromatic N) is 1. The number of hydrogen-bond acceptors (Lipinski definition) is 3. The van der Waals surface area contributed by atoms with E-state index in [1.807, 2.05) is 0 Å². The average molecular weight is 238 g/mol. The third-order valence-corrected chi connectivity index (χ3v) is 4.39. The van der Waals surface area contributed by atoms with Gasteiger partial charge in [0.2, 0.25) is 0 Å². The standard InChI is InChI=1S/C14H26N2O/c1(7-16-8-10-17-11-9-16)6-15-14(12-2-3-12)13-4-5-13/h12-15H,1-11H2. The Hall–Kier alpha value is -0.120. The molecule has 0 atom stereocenters. The second-order valence-electron chi connectivity index (χ2n) is 5.96. The molecular weight excluding hydrogens is 212 g/mol. The van der Waals surface area contributed by atoms with Crippen molar-refractivity contribution in [3.05, 3.63) is 0 Å². The van der Waals surface area contributed by atoms with E-state index in [9.17, 15) is 0 Å². The van der Waals surface area contributed by atoms with Gasteiger partial charge in [0.15, 0.2) is 0 Å². The highest BCUT2D eigenvalue weighted by Crippen LogP contribution is 2.44. The van der Waals surface area contributed by atoms with E-state index < -0.39 is 0 Å². The minimum Gasteiger partial charge on any atom is -0.379 e. The molecule has 3 rings (SSSR count). The molecule has 3 nitrogen and oxygen atoms in total. The summed E-state index contributed by atoms with van der Waals surface area (Å²) in [5, 5.41) is 3.83. The Labute approximate surface area is 105 Å². The maximum absolute atomic E-state index is 5.37. The van der Waals surface area contributed by atoms with Gasteiger partial charge in [-0.2, -0.15) is 0 Å². The number of ether oxygens (including phenoxy) is 1. The lowest BCUT2D eigenvalue weighted by Gasteiger charge is -2.27. The molecule has 2 aliphatic carbocycles. The van der Waals surface area contributed by atoms with Gasteiger partial charge < -0.3 is 10.1 Å². The van der Waals surface area contributed by atoms with Crippen LogP contribution in [0.1, 0.15) is 32.1 Å². The van der Waals surface area contributed by atoms with E-state index in [1.165, 1.54) is 45.2 Å². The van der Waals surface area contributed by atoms with Crippen LogP contribution in [-0.2, 0) is 4.74 Å². The fourth-order valence-corrected chi connectivity index (χ4v) is 3.03. The second kappa shape index (κ2) is 5.68. The SMILES string of the molecule is C(CNC(C1CC1)C1CC1)CN1CCOCC1. The van der Waals surface area contributed by atoms with Crippen LogP contribution in [0, 0.1) is 11.8 Å². The molecule has 3 aliphatic rings. The van der Waals surface area contributed by atoms with Gasteiger partial charge in [0.05, 0.1) is 13.2 Å². The van der Waals surface area contributed by atoms with Crippen LogP contribution in [0.3, 0.4) is 0 Å². The van der Waals surface area contributed by atoms with Crippen molar-refractivity contribution in [3.8, 4) is 0 Å². The van der Waals surface area contributed by atoms with Crippen LogP contribution < -0.4 is 5.32 Å². The maximum atomic E-state index is 5.37. The van der Waals surface area contributed by atoms with Crippen molar-refractivity contribution >= 4 is 0 Å². The molecule has 17 heavy (non-hydrogen) atoms. The van der Waals surface area contributed by atoms with Crippen molar-refractivity contribution in [1.82, 2.24) is 10.2 Å². The zero-order valence-corrected chi connectivity index (χ0v) is 10.9. The Morgan fingerprint density at radius 2 is 1.71 bits per heavy atom. The number of morpholine rings is 1. The topological polar surface area (TPSA) is 24.5 Å². The predicted molar refractivity (Wildman–Crippen MR) is 69.1 cm³/mol. The lowest BCUT2D eigenvalue weighted by atomic mass is 10.1. The first kappa shape index (κ1) is 11.9. The summed E-state index contributed by atoms with van der Waals surface area (Å²) in [6.07, 6.45) is 7.24.